The van der Waals surface area contributed by atoms with E-state index in [2.05, 4.69) is 74.5 Å². The van der Waals surface area contributed by atoms with Crippen molar-refractivity contribution in [2.24, 2.45) is 0 Å². The summed E-state index contributed by atoms with van der Waals surface area (Å²) >= 11 is 4.89. The molecule has 3 aliphatic carbocycles. The van der Waals surface area contributed by atoms with E-state index in [1.165, 1.54) is 24.8 Å². The van der Waals surface area contributed by atoms with Crippen LogP contribution in [0.2, 0.25) is 0 Å². The maximum atomic E-state index is 14.1. The third kappa shape index (κ3) is 6.51. The molecule has 3 aliphatic rings. The fraction of sp³-hybridized carbons (Fsp3) is 0.143. The molecule has 0 saturated carbocycles. The van der Waals surface area contributed by atoms with Gasteiger partial charge in [-0.25, -0.2) is 0 Å². The van der Waals surface area contributed by atoms with Crippen LogP contribution in [-0.4, -0.2) is 11.6 Å². The number of hydrogen-bond acceptors (Lipinski definition) is 9. The molecule has 3 aromatic heterocycles. The Kier molecular flexibility index (Phi) is 10.6. The molecular formula is C56H36N4O2S3. The summed E-state index contributed by atoms with van der Waals surface area (Å²) in [6.07, 6.45) is 9.39. The highest BCUT2D eigenvalue weighted by Crippen LogP contribution is 2.64. The molecule has 9 heteroatoms. The van der Waals surface area contributed by atoms with E-state index < -0.39 is 5.41 Å². The minimum Gasteiger partial charge on any atom is -0.289 e. The van der Waals surface area contributed by atoms with E-state index in [0.717, 1.165) is 69.6 Å². The molecule has 0 fully saturated rings. The number of aryl methyl sites for hydroxylation is 2. The lowest BCUT2D eigenvalue weighted by Crippen LogP contribution is -2.28. The molecule has 10 rings (SSSR count). The summed E-state index contributed by atoms with van der Waals surface area (Å²) in [5.74, 6) is -0.435. The molecule has 0 saturated heterocycles. The van der Waals surface area contributed by atoms with Gasteiger partial charge in [0.15, 0.2) is 11.6 Å². The Morgan fingerprint density at radius 1 is 0.600 bits per heavy atom. The smallest absolute Gasteiger partial charge is 0.194 e. The number of fused-ring (bicyclic) bond motifs is 7. The zero-order valence-electron chi connectivity index (χ0n) is 35.4. The third-order valence-electron chi connectivity index (χ3n) is 12.7. The number of nitrogens with zero attached hydrogens (tertiary/aromatic N) is 4. The number of ketones is 2. The summed E-state index contributed by atoms with van der Waals surface area (Å²) in [4.78, 5) is 32.0. The van der Waals surface area contributed by atoms with Crippen LogP contribution in [0, 0.1) is 52.2 Å². The van der Waals surface area contributed by atoms with Gasteiger partial charge >= 0.3 is 0 Å². The van der Waals surface area contributed by atoms with Crippen LogP contribution >= 0.6 is 34.0 Å². The first kappa shape index (κ1) is 41.5. The van der Waals surface area contributed by atoms with E-state index in [9.17, 15) is 30.6 Å². The number of rotatable bonds is 9. The number of carbonyl (C=O) groups excluding carboxylic acids is 2. The van der Waals surface area contributed by atoms with Gasteiger partial charge in [0.05, 0.1) is 19.9 Å². The van der Waals surface area contributed by atoms with Crippen LogP contribution in [0.5, 0.6) is 0 Å². The second-order valence-corrected chi connectivity index (χ2v) is 19.7. The van der Waals surface area contributed by atoms with Gasteiger partial charge in [0, 0.05) is 53.4 Å². The molecule has 65 heavy (non-hydrogen) atoms. The molecule has 6 nitrogen and oxygen atoms in total. The second kappa shape index (κ2) is 16.6. The van der Waals surface area contributed by atoms with Crippen molar-refractivity contribution in [3.63, 3.8) is 0 Å². The number of unbranched alkanes of at least 4 members (excludes halogenated alkanes) is 3. The minimum absolute atomic E-state index is 0.0986. The van der Waals surface area contributed by atoms with Crippen LogP contribution in [0.15, 0.2) is 131 Å². The van der Waals surface area contributed by atoms with Crippen LogP contribution in [0.25, 0.3) is 42.5 Å². The molecule has 0 radical (unpaired) electrons. The predicted molar refractivity (Wildman–Crippen MR) is 261 cm³/mol. The lowest BCUT2D eigenvalue weighted by atomic mass is 9.68. The average molecular weight is 893 g/mol. The zero-order chi connectivity index (χ0) is 45.0. The van der Waals surface area contributed by atoms with Crippen LogP contribution in [0.1, 0.15) is 108 Å². The molecule has 1 atom stereocenters. The van der Waals surface area contributed by atoms with Crippen LogP contribution in [-0.2, 0) is 11.8 Å². The molecule has 0 spiro atoms. The number of Topliss-reactive ketones (excluding diaryl/α,β-unsaturated/α-hetero) is 2. The van der Waals surface area contributed by atoms with Gasteiger partial charge in [0.2, 0.25) is 0 Å². The van der Waals surface area contributed by atoms with E-state index >= 15 is 0 Å². The van der Waals surface area contributed by atoms with E-state index in [4.69, 9.17) is 0 Å². The van der Waals surface area contributed by atoms with Crippen LogP contribution < -0.4 is 0 Å². The number of carbonyl (C=O) groups is 2. The standard InChI is InChI=1S/C56H36N4O2S3/c1-3-4-5-6-11-33-18-22-37(23-19-33)56(36-20-16-32(2)17-21-36)46-26-38(24-44-48(34(28-57)29-58)40-12-7-9-14-42(40)51(44)61)63-53(46)55-50(56)54-47(65-55)27-39(64-54)25-45-49(35(30-59)31-60)41-13-8-10-15-43(41)52(45)62/h7-10,12-27H,3-6,11H2,1-2H3/b44-24-,45-25-. The van der Waals surface area contributed by atoms with Crippen molar-refractivity contribution in [2.75, 3.05) is 0 Å². The maximum absolute atomic E-state index is 14.1. The van der Waals surface area contributed by atoms with Crippen LogP contribution in [0.4, 0.5) is 0 Å². The molecule has 0 N–H and O–H groups in total. The highest BCUT2D eigenvalue weighted by molar-refractivity contribution is 7.32. The lowest BCUT2D eigenvalue weighted by molar-refractivity contribution is 0.103. The fourth-order valence-corrected chi connectivity index (χ4v) is 13.8. The summed E-state index contributed by atoms with van der Waals surface area (Å²) in [6, 6.07) is 44.5. The second-order valence-electron chi connectivity index (χ2n) is 16.5. The number of allylic oxidation sites excluding steroid dienone is 6. The van der Waals surface area contributed by atoms with E-state index in [-0.39, 0.29) is 22.7 Å². The highest BCUT2D eigenvalue weighted by atomic mass is 32.1. The van der Waals surface area contributed by atoms with Gasteiger partial charge < -0.3 is 0 Å². The Balaban J connectivity index is 1.21. The molecular weight excluding hydrogens is 857 g/mol. The number of nitriles is 4. The van der Waals surface area contributed by atoms with Gasteiger partial charge in [-0.2, -0.15) is 21.0 Å². The van der Waals surface area contributed by atoms with Gasteiger partial charge in [-0.3, -0.25) is 9.59 Å². The van der Waals surface area contributed by atoms with Crippen LogP contribution in [0.3, 0.4) is 0 Å². The van der Waals surface area contributed by atoms with E-state index in [0.29, 0.717) is 44.5 Å². The maximum Gasteiger partial charge on any atom is 0.194 e. The normalized spacial score (nSPS) is 16.8. The predicted octanol–water partition coefficient (Wildman–Crippen LogP) is 14.0. The number of hydrogen-bond donors (Lipinski definition) is 0. The first-order chi connectivity index (χ1) is 31.7. The molecule has 0 aliphatic heterocycles. The van der Waals surface area contributed by atoms with Crippen molar-refractivity contribution in [3.8, 4) is 34.0 Å². The van der Waals surface area contributed by atoms with Gasteiger partial charge in [0.1, 0.15) is 35.4 Å². The molecule has 0 amide bonds. The average Bonchev–Trinajstić information content (AvgIpc) is 4.16. The fourth-order valence-electron chi connectivity index (χ4n) is 9.77. The quantitative estimate of drug-likeness (QED) is 0.0806. The topological polar surface area (TPSA) is 129 Å². The SMILES string of the molecule is CCCCCCc1ccc(C2(c3ccc(C)cc3)c3cc(/C=C4\C(=O)c5ccccc5C4=C(C#N)C#N)sc3-c3sc4cc(/C=C5\C(=O)c6ccccc6C5=C(C#N)C#N)sc4c32)cc1. The summed E-state index contributed by atoms with van der Waals surface area (Å²) in [5, 5.41) is 40.2. The Morgan fingerprint density at radius 2 is 1.12 bits per heavy atom. The Hall–Kier alpha value is -7.50. The van der Waals surface area contributed by atoms with Crippen molar-refractivity contribution in [3.05, 3.63) is 197 Å². The Labute approximate surface area is 388 Å². The monoisotopic (exact) mass is 892 g/mol. The summed E-state index contributed by atoms with van der Waals surface area (Å²) < 4.78 is 2.13. The first-order valence-corrected chi connectivity index (χ1v) is 23.9. The van der Waals surface area contributed by atoms with Gasteiger partial charge in [-0.05, 0) is 77.4 Å². The van der Waals surface area contributed by atoms with Gasteiger partial charge in [0.25, 0.3) is 0 Å². The molecule has 7 aromatic rings. The highest BCUT2D eigenvalue weighted by Gasteiger charge is 2.50. The summed E-state index contributed by atoms with van der Waals surface area (Å²) in [5.41, 5.74) is 9.36. The van der Waals surface area contributed by atoms with E-state index in [1.807, 2.05) is 48.6 Å². The lowest BCUT2D eigenvalue weighted by Gasteiger charge is -2.33. The zero-order valence-corrected chi connectivity index (χ0v) is 37.9. The number of benzene rings is 4. The Bertz CT molecular complexity index is 3470. The molecule has 1 unspecified atom stereocenters. The summed E-state index contributed by atoms with van der Waals surface area (Å²) in [6.45, 7) is 4.31. The summed E-state index contributed by atoms with van der Waals surface area (Å²) in [7, 11) is 0. The number of thiophene rings is 3. The molecule has 4 aromatic carbocycles. The molecule has 0 bridgehead atoms. The van der Waals surface area contributed by atoms with Crippen molar-refractivity contribution in [2.45, 2.75) is 51.4 Å². The minimum atomic E-state index is -0.787. The van der Waals surface area contributed by atoms with E-state index in [1.54, 1.807) is 70.4 Å². The van der Waals surface area contributed by atoms with Crippen molar-refractivity contribution in [1.29, 1.82) is 21.0 Å². The van der Waals surface area contributed by atoms with Gasteiger partial charge in [-0.15, -0.1) is 34.0 Å². The Morgan fingerprint density at radius 3 is 1.66 bits per heavy atom. The van der Waals surface area contributed by atoms with Crippen molar-refractivity contribution < 1.29 is 9.59 Å². The largest absolute Gasteiger partial charge is 0.289 e. The molecule has 3 heterocycles. The third-order valence-corrected chi connectivity index (χ3v) is 16.4. The van der Waals surface area contributed by atoms with Crippen molar-refractivity contribution in [1.82, 2.24) is 0 Å². The molecule has 310 valence electrons. The van der Waals surface area contributed by atoms with Crippen molar-refractivity contribution >= 4 is 78.3 Å². The first-order valence-electron chi connectivity index (χ1n) is 21.4. The van der Waals surface area contributed by atoms with Gasteiger partial charge in [-0.1, -0.05) is 129 Å².